The van der Waals surface area contributed by atoms with Crippen molar-refractivity contribution in [3.8, 4) is 5.75 Å². The zero-order valence-corrected chi connectivity index (χ0v) is 14.0. The number of ether oxygens (including phenoxy) is 1. The van der Waals surface area contributed by atoms with Gasteiger partial charge < -0.3 is 9.30 Å². The summed E-state index contributed by atoms with van der Waals surface area (Å²) in [6.45, 7) is 4.67. The third-order valence-corrected chi connectivity index (χ3v) is 5.34. The van der Waals surface area contributed by atoms with Crippen molar-refractivity contribution in [2.75, 3.05) is 6.54 Å². The average molecular weight is 336 g/mol. The van der Waals surface area contributed by atoms with E-state index < -0.39 is 10.0 Å². The second-order valence-corrected chi connectivity index (χ2v) is 7.94. The van der Waals surface area contributed by atoms with Gasteiger partial charge in [-0.3, -0.25) is 0 Å². The maximum absolute atomic E-state index is 12.6. The molecule has 0 bridgehead atoms. The molecule has 0 fully saturated rings. The molecular formula is C15H20N4O3S. The summed E-state index contributed by atoms with van der Waals surface area (Å²) in [6, 6.07) is 5.26. The van der Waals surface area contributed by atoms with Gasteiger partial charge in [0.15, 0.2) is 0 Å². The van der Waals surface area contributed by atoms with E-state index in [1.807, 2.05) is 19.9 Å². The number of aromatic nitrogens is 3. The van der Waals surface area contributed by atoms with Crippen LogP contribution < -0.4 is 9.46 Å². The third kappa shape index (κ3) is 3.53. The van der Waals surface area contributed by atoms with Crippen molar-refractivity contribution in [3.05, 3.63) is 36.4 Å². The molecule has 0 saturated carbocycles. The Bertz CT molecular complexity index is 785. The lowest BCUT2D eigenvalue weighted by Crippen LogP contribution is -2.35. The van der Waals surface area contributed by atoms with E-state index in [0.29, 0.717) is 12.3 Å². The fraction of sp³-hybridized carbons (Fsp3) is 0.467. The summed E-state index contributed by atoms with van der Waals surface area (Å²) < 4.78 is 35.5. The number of aryl methyl sites for hydroxylation is 1. The molecule has 23 heavy (non-hydrogen) atoms. The van der Waals surface area contributed by atoms with Gasteiger partial charge in [-0.05, 0) is 38.3 Å². The number of nitrogens with zero attached hydrogens (tertiary/aromatic N) is 3. The van der Waals surface area contributed by atoms with Gasteiger partial charge in [-0.1, -0.05) is 12.1 Å². The number of para-hydroxylation sites is 1. The lowest BCUT2D eigenvalue weighted by atomic mass is 9.94. The molecule has 1 aromatic carbocycles. The van der Waals surface area contributed by atoms with Gasteiger partial charge in [0.25, 0.3) is 0 Å². The minimum atomic E-state index is -3.63. The molecule has 0 unspecified atom stereocenters. The Hall–Kier alpha value is -1.93. The molecule has 1 N–H and O–H groups in total. The molecule has 1 aliphatic rings. The Morgan fingerprint density at radius 3 is 2.78 bits per heavy atom. The first kappa shape index (κ1) is 15.9. The quantitative estimate of drug-likeness (QED) is 0.891. The van der Waals surface area contributed by atoms with Crippen LogP contribution in [0.4, 0.5) is 0 Å². The van der Waals surface area contributed by atoms with Gasteiger partial charge in [-0.2, -0.15) is 0 Å². The summed E-state index contributed by atoms with van der Waals surface area (Å²) in [5, 5.41) is 7.37. The highest BCUT2D eigenvalue weighted by atomic mass is 32.2. The predicted octanol–water partition coefficient (Wildman–Crippen LogP) is 1.36. The van der Waals surface area contributed by atoms with Crippen molar-refractivity contribution >= 4 is 10.0 Å². The normalized spacial score (nSPS) is 16.6. The summed E-state index contributed by atoms with van der Waals surface area (Å²) in [4.78, 5) is 0.200. The van der Waals surface area contributed by atoms with Crippen LogP contribution in [0.2, 0.25) is 0 Å². The van der Waals surface area contributed by atoms with Crippen molar-refractivity contribution in [3.63, 3.8) is 0 Å². The molecule has 0 radical (unpaired) electrons. The van der Waals surface area contributed by atoms with Crippen molar-refractivity contribution in [1.82, 2.24) is 19.5 Å². The number of benzene rings is 1. The number of nitrogens with one attached hydrogen (secondary N) is 1. The van der Waals surface area contributed by atoms with Gasteiger partial charge in [-0.15, -0.1) is 10.2 Å². The van der Waals surface area contributed by atoms with Crippen molar-refractivity contribution in [2.45, 2.75) is 43.7 Å². The van der Waals surface area contributed by atoms with E-state index in [-0.39, 0.29) is 17.0 Å². The SMILES string of the molecule is CC1(C)CCc2cccc(S(=O)(=O)NCCn3cnnc3)c2O1. The summed E-state index contributed by atoms with van der Waals surface area (Å²) in [7, 11) is -3.63. The lowest BCUT2D eigenvalue weighted by Gasteiger charge is -2.33. The second kappa shape index (κ2) is 5.93. The van der Waals surface area contributed by atoms with E-state index in [2.05, 4.69) is 14.9 Å². The topological polar surface area (TPSA) is 86.1 Å². The molecule has 3 rings (SSSR count). The third-order valence-electron chi connectivity index (χ3n) is 3.85. The molecule has 124 valence electrons. The molecule has 1 aliphatic heterocycles. The molecule has 0 aliphatic carbocycles. The maximum Gasteiger partial charge on any atom is 0.244 e. The predicted molar refractivity (Wildman–Crippen MR) is 84.7 cm³/mol. The van der Waals surface area contributed by atoms with Crippen LogP contribution in [0, 0.1) is 0 Å². The fourth-order valence-electron chi connectivity index (χ4n) is 2.57. The molecule has 2 heterocycles. The molecule has 0 amide bonds. The maximum atomic E-state index is 12.6. The monoisotopic (exact) mass is 336 g/mol. The lowest BCUT2D eigenvalue weighted by molar-refractivity contribution is 0.0806. The van der Waals surface area contributed by atoms with E-state index in [1.165, 1.54) is 0 Å². The molecule has 0 spiro atoms. The molecule has 0 atom stereocenters. The van der Waals surface area contributed by atoms with Crippen molar-refractivity contribution in [1.29, 1.82) is 0 Å². The van der Waals surface area contributed by atoms with E-state index in [1.54, 1.807) is 29.4 Å². The van der Waals surface area contributed by atoms with Crippen molar-refractivity contribution in [2.24, 2.45) is 0 Å². The van der Waals surface area contributed by atoms with Gasteiger partial charge in [0.1, 0.15) is 28.9 Å². The fourth-order valence-corrected chi connectivity index (χ4v) is 3.76. The van der Waals surface area contributed by atoms with Gasteiger partial charge in [0.2, 0.25) is 10.0 Å². The molecular weight excluding hydrogens is 316 g/mol. The van der Waals surface area contributed by atoms with Gasteiger partial charge >= 0.3 is 0 Å². The summed E-state index contributed by atoms with van der Waals surface area (Å²) in [5.41, 5.74) is 0.576. The van der Waals surface area contributed by atoms with Gasteiger partial charge in [0.05, 0.1) is 0 Å². The molecule has 1 aromatic heterocycles. The summed E-state index contributed by atoms with van der Waals surface area (Å²) >= 11 is 0. The van der Waals surface area contributed by atoms with Crippen molar-refractivity contribution < 1.29 is 13.2 Å². The zero-order valence-electron chi connectivity index (χ0n) is 13.2. The smallest absolute Gasteiger partial charge is 0.244 e. The Morgan fingerprint density at radius 1 is 1.30 bits per heavy atom. The Morgan fingerprint density at radius 2 is 2.04 bits per heavy atom. The minimum Gasteiger partial charge on any atom is -0.486 e. The zero-order chi connectivity index (χ0) is 16.5. The van der Waals surface area contributed by atoms with Crippen LogP contribution in [0.1, 0.15) is 25.8 Å². The van der Waals surface area contributed by atoms with Crippen LogP contribution in [0.25, 0.3) is 0 Å². The summed E-state index contributed by atoms with van der Waals surface area (Å²) in [6.07, 6.45) is 4.77. The van der Waals surface area contributed by atoms with Crippen LogP contribution in [0.15, 0.2) is 35.7 Å². The molecule has 8 heteroatoms. The number of sulfonamides is 1. The van der Waals surface area contributed by atoms with E-state index in [4.69, 9.17) is 4.74 Å². The second-order valence-electron chi connectivity index (χ2n) is 6.20. The molecule has 2 aromatic rings. The van der Waals surface area contributed by atoms with E-state index in [0.717, 1.165) is 18.4 Å². The number of hydrogen-bond donors (Lipinski definition) is 1. The minimum absolute atomic E-state index is 0.200. The Kier molecular flexibility index (Phi) is 4.11. The van der Waals surface area contributed by atoms with Crippen LogP contribution in [0.5, 0.6) is 5.75 Å². The molecule has 0 saturated heterocycles. The number of rotatable bonds is 5. The highest BCUT2D eigenvalue weighted by Crippen LogP contribution is 2.37. The first-order valence-corrected chi connectivity index (χ1v) is 8.99. The Labute approximate surface area is 135 Å². The van der Waals surface area contributed by atoms with E-state index >= 15 is 0 Å². The molecule has 7 nitrogen and oxygen atoms in total. The van der Waals surface area contributed by atoms with Crippen LogP contribution in [-0.4, -0.2) is 35.3 Å². The van der Waals surface area contributed by atoms with Crippen LogP contribution in [-0.2, 0) is 23.0 Å². The van der Waals surface area contributed by atoms with E-state index in [9.17, 15) is 8.42 Å². The highest BCUT2D eigenvalue weighted by Gasteiger charge is 2.31. The number of hydrogen-bond acceptors (Lipinski definition) is 5. The first-order chi connectivity index (χ1) is 10.9. The highest BCUT2D eigenvalue weighted by molar-refractivity contribution is 7.89. The largest absolute Gasteiger partial charge is 0.486 e. The average Bonchev–Trinajstić information content (AvgIpc) is 2.98. The standard InChI is InChI=1S/C15H20N4O3S/c1-15(2)7-6-12-4-3-5-13(14(12)22-15)23(20,21)18-8-9-19-10-16-17-11-19/h3-5,10-11,18H,6-9H2,1-2H3. The van der Waals surface area contributed by atoms with Gasteiger partial charge in [0, 0.05) is 13.1 Å². The Balaban J connectivity index is 1.80. The number of fused-ring (bicyclic) bond motifs is 1. The first-order valence-electron chi connectivity index (χ1n) is 7.50. The van der Waals surface area contributed by atoms with Crippen LogP contribution >= 0.6 is 0 Å². The van der Waals surface area contributed by atoms with Gasteiger partial charge in [-0.25, -0.2) is 13.1 Å². The summed E-state index contributed by atoms with van der Waals surface area (Å²) in [5.74, 6) is 0.473. The van der Waals surface area contributed by atoms with Crippen LogP contribution in [0.3, 0.4) is 0 Å².